The largest absolute Gasteiger partial charge is 0.0882 e. The second-order valence-corrected chi connectivity index (χ2v) is 5.28. The highest BCUT2D eigenvalue weighted by molar-refractivity contribution is 5.04. The summed E-state index contributed by atoms with van der Waals surface area (Å²) in [5.74, 6) is 4.28. The highest BCUT2D eigenvalue weighted by Gasteiger charge is 2.40. The third-order valence-electron chi connectivity index (χ3n) is 4.73. The predicted octanol–water partition coefficient (Wildman–Crippen LogP) is 3.78. The summed E-state index contributed by atoms with van der Waals surface area (Å²) in [7, 11) is 0. The van der Waals surface area contributed by atoms with Crippen molar-refractivity contribution in [3.63, 3.8) is 0 Å². The molecule has 3 aliphatic rings. The summed E-state index contributed by atoms with van der Waals surface area (Å²) in [5, 5.41) is 0. The summed E-state index contributed by atoms with van der Waals surface area (Å²) in [6.07, 6.45) is 15.6. The molecule has 4 atom stereocenters. The lowest BCUT2D eigenvalue weighted by Crippen LogP contribution is -2.31. The highest BCUT2D eigenvalue weighted by Crippen LogP contribution is 2.50. The zero-order chi connectivity index (χ0) is 8.67. The Balaban J connectivity index is 1.84. The third kappa shape index (κ3) is 1.26. The molecule has 0 aliphatic heterocycles. The fraction of sp³-hybridized carbons (Fsp3) is 0.846. The average Bonchev–Trinajstić information content (AvgIpc) is 2.65. The summed E-state index contributed by atoms with van der Waals surface area (Å²) < 4.78 is 0. The molecule has 0 heteroatoms. The number of hydrogen-bond donors (Lipinski definition) is 0. The maximum Gasteiger partial charge on any atom is -0.0174 e. The molecule has 4 unspecified atom stereocenters. The standard InChI is InChI=1S/C13H20/c1-2-6-12-10(4-1)8-9-11-5-3-7-13(11)12/h2,6,10-13H,1,3-5,7-9H2. The van der Waals surface area contributed by atoms with E-state index in [1.807, 2.05) is 0 Å². The summed E-state index contributed by atoms with van der Waals surface area (Å²) in [6.45, 7) is 0. The van der Waals surface area contributed by atoms with Crippen LogP contribution in [-0.4, -0.2) is 0 Å². The minimum atomic E-state index is 0.995. The van der Waals surface area contributed by atoms with Crippen LogP contribution < -0.4 is 0 Å². The van der Waals surface area contributed by atoms with Crippen LogP contribution in [0.1, 0.15) is 44.9 Å². The van der Waals surface area contributed by atoms with Crippen LogP contribution >= 0.6 is 0 Å². The Hall–Kier alpha value is -0.260. The van der Waals surface area contributed by atoms with Crippen LogP contribution in [0.25, 0.3) is 0 Å². The van der Waals surface area contributed by atoms with Crippen molar-refractivity contribution in [2.24, 2.45) is 23.7 Å². The van der Waals surface area contributed by atoms with E-state index in [0.717, 1.165) is 23.7 Å². The Labute approximate surface area is 81.4 Å². The minimum Gasteiger partial charge on any atom is -0.0882 e. The van der Waals surface area contributed by atoms with Crippen molar-refractivity contribution in [3.8, 4) is 0 Å². The fourth-order valence-electron chi connectivity index (χ4n) is 4.10. The molecule has 0 nitrogen and oxygen atoms in total. The van der Waals surface area contributed by atoms with E-state index in [2.05, 4.69) is 12.2 Å². The van der Waals surface area contributed by atoms with E-state index in [9.17, 15) is 0 Å². The van der Waals surface area contributed by atoms with E-state index in [1.54, 1.807) is 12.8 Å². The van der Waals surface area contributed by atoms with E-state index in [1.165, 1.54) is 32.1 Å². The first-order valence-electron chi connectivity index (χ1n) is 6.12. The van der Waals surface area contributed by atoms with Gasteiger partial charge in [0.2, 0.25) is 0 Å². The molecule has 0 aromatic heterocycles. The van der Waals surface area contributed by atoms with Gasteiger partial charge in [0, 0.05) is 0 Å². The Morgan fingerprint density at radius 2 is 1.77 bits per heavy atom. The van der Waals surface area contributed by atoms with Crippen molar-refractivity contribution < 1.29 is 0 Å². The SMILES string of the molecule is C1=CC2C(CC1)CCC1CCCC12. The van der Waals surface area contributed by atoms with Crippen molar-refractivity contribution in [1.82, 2.24) is 0 Å². The van der Waals surface area contributed by atoms with Gasteiger partial charge < -0.3 is 0 Å². The van der Waals surface area contributed by atoms with Gasteiger partial charge in [-0.2, -0.15) is 0 Å². The molecule has 0 saturated heterocycles. The van der Waals surface area contributed by atoms with E-state index in [4.69, 9.17) is 0 Å². The number of rotatable bonds is 0. The molecule has 0 aromatic carbocycles. The van der Waals surface area contributed by atoms with Crippen molar-refractivity contribution in [1.29, 1.82) is 0 Å². The number of allylic oxidation sites excluding steroid dienone is 2. The van der Waals surface area contributed by atoms with Crippen LogP contribution in [0, 0.1) is 23.7 Å². The van der Waals surface area contributed by atoms with E-state index < -0.39 is 0 Å². The molecule has 3 rings (SSSR count). The molecule has 0 aromatic rings. The smallest absolute Gasteiger partial charge is 0.0174 e. The lowest BCUT2D eigenvalue weighted by Gasteiger charge is -2.40. The van der Waals surface area contributed by atoms with Gasteiger partial charge in [0.05, 0.1) is 0 Å². The monoisotopic (exact) mass is 176 g/mol. The predicted molar refractivity (Wildman–Crippen MR) is 55.4 cm³/mol. The third-order valence-corrected chi connectivity index (χ3v) is 4.73. The molecule has 0 amide bonds. The van der Waals surface area contributed by atoms with Crippen LogP contribution in [0.2, 0.25) is 0 Å². The second kappa shape index (κ2) is 3.15. The summed E-state index contributed by atoms with van der Waals surface area (Å²) >= 11 is 0. The molecule has 0 heterocycles. The normalized spacial score (nSPS) is 48.6. The van der Waals surface area contributed by atoms with Crippen molar-refractivity contribution in [2.75, 3.05) is 0 Å². The maximum atomic E-state index is 2.57. The van der Waals surface area contributed by atoms with E-state index >= 15 is 0 Å². The van der Waals surface area contributed by atoms with Crippen molar-refractivity contribution in [3.05, 3.63) is 12.2 Å². The molecule has 2 fully saturated rings. The van der Waals surface area contributed by atoms with Crippen LogP contribution in [0.15, 0.2) is 12.2 Å². The molecule has 13 heavy (non-hydrogen) atoms. The summed E-state index contributed by atoms with van der Waals surface area (Å²) in [4.78, 5) is 0. The van der Waals surface area contributed by atoms with E-state index in [-0.39, 0.29) is 0 Å². The van der Waals surface area contributed by atoms with Crippen LogP contribution in [0.4, 0.5) is 0 Å². The van der Waals surface area contributed by atoms with Crippen LogP contribution in [0.3, 0.4) is 0 Å². The Kier molecular flexibility index (Phi) is 1.96. The van der Waals surface area contributed by atoms with Gasteiger partial charge in [0.15, 0.2) is 0 Å². The quantitative estimate of drug-likeness (QED) is 0.493. The van der Waals surface area contributed by atoms with E-state index in [0.29, 0.717) is 0 Å². The lowest BCUT2D eigenvalue weighted by atomic mass is 9.65. The Morgan fingerprint density at radius 1 is 0.846 bits per heavy atom. The second-order valence-electron chi connectivity index (χ2n) is 5.28. The highest BCUT2D eigenvalue weighted by atomic mass is 14.5. The first-order chi connectivity index (χ1) is 6.45. The minimum absolute atomic E-state index is 0.995. The molecule has 72 valence electrons. The molecule has 0 spiro atoms. The number of fused-ring (bicyclic) bond motifs is 3. The van der Waals surface area contributed by atoms with Crippen LogP contribution in [0.5, 0.6) is 0 Å². The van der Waals surface area contributed by atoms with Gasteiger partial charge >= 0.3 is 0 Å². The van der Waals surface area contributed by atoms with Crippen molar-refractivity contribution in [2.45, 2.75) is 44.9 Å². The first kappa shape index (κ1) is 8.08. The molecule has 0 N–H and O–H groups in total. The van der Waals surface area contributed by atoms with Crippen LogP contribution in [-0.2, 0) is 0 Å². The maximum absolute atomic E-state index is 2.57. The Bertz CT molecular complexity index is 216. The lowest BCUT2D eigenvalue weighted by molar-refractivity contribution is 0.134. The molecular weight excluding hydrogens is 156 g/mol. The Morgan fingerprint density at radius 3 is 2.77 bits per heavy atom. The zero-order valence-corrected chi connectivity index (χ0v) is 8.41. The fourth-order valence-corrected chi connectivity index (χ4v) is 4.10. The first-order valence-corrected chi connectivity index (χ1v) is 6.12. The van der Waals surface area contributed by atoms with Gasteiger partial charge in [-0.15, -0.1) is 0 Å². The van der Waals surface area contributed by atoms with Crippen molar-refractivity contribution >= 4 is 0 Å². The number of hydrogen-bond acceptors (Lipinski definition) is 0. The molecule has 3 aliphatic carbocycles. The van der Waals surface area contributed by atoms with Gasteiger partial charge in [0.1, 0.15) is 0 Å². The van der Waals surface area contributed by atoms with Gasteiger partial charge in [-0.05, 0) is 55.8 Å². The summed E-state index contributed by atoms with van der Waals surface area (Å²) in [5.41, 5.74) is 0. The summed E-state index contributed by atoms with van der Waals surface area (Å²) in [6, 6.07) is 0. The van der Waals surface area contributed by atoms with Gasteiger partial charge in [0.25, 0.3) is 0 Å². The molecule has 0 radical (unpaired) electrons. The molecular formula is C13H20. The van der Waals surface area contributed by atoms with Gasteiger partial charge in [-0.1, -0.05) is 25.0 Å². The van der Waals surface area contributed by atoms with Gasteiger partial charge in [-0.25, -0.2) is 0 Å². The zero-order valence-electron chi connectivity index (χ0n) is 8.41. The molecule has 2 saturated carbocycles. The average molecular weight is 176 g/mol. The molecule has 0 bridgehead atoms. The van der Waals surface area contributed by atoms with Gasteiger partial charge in [-0.3, -0.25) is 0 Å². The topological polar surface area (TPSA) is 0 Å².